The van der Waals surface area contributed by atoms with E-state index in [-0.39, 0.29) is 51.4 Å². The molecule has 260 valence electrons. The van der Waals surface area contributed by atoms with Crippen LogP contribution < -0.4 is 0 Å². The Bertz CT molecular complexity index is 775. The first kappa shape index (κ1) is 42.3. The molecule has 13 heteroatoms. The molecule has 9 unspecified atom stereocenters. The zero-order valence-electron chi connectivity index (χ0n) is 26.8. The minimum atomic E-state index is -1.27. The Hall–Kier alpha value is -1.71. The van der Waals surface area contributed by atoms with Gasteiger partial charge < -0.3 is 50.3 Å². The van der Waals surface area contributed by atoms with Crippen molar-refractivity contribution >= 4 is 17.7 Å². The van der Waals surface area contributed by atoms with Crippen LogP contribution >= 0.6 is 0 Å². The summed E-state index contributed by atoms with van der Waals surface area (Å²) < 4.78 is 10.6. The minimum Gasteiger partial charge on any atom is -0.462 e. The van der Waals surface area contributed by atoms with Gasteiger partial charge in [-0.15, -0.1) is 0 Å². The average molecular weight is 639 g/mol. The highest BCUT2D eigenvalue weighted by molar-refractivity contribution is 6.33. The molecule has 8 N–H and O–H groups in total. The number of carbonyl (C=O) groups excluding carboxylic acids is 3. The molecule has 44 heavy (non-hydrogen) atoms. The predicted molar refractivity (Wildman–Crippen MR) is 160 cm³/mol. The van der Waals surface area contributed by atoms with Gasteiger partial charge in [-0.25, -0.2) is 4.79 Å². The normalized spacial score (nSPS) is 18.6. The van der Waals surface area contributed by atoms with E-state index in [1.54, 1.807) is 27.7 Å². The van der Waals surface area contributed by atoms with E-state index in [4.69, 9.17) is 9.47 Å². The highest BCUT2D eigenvalue weighted by Crippen LogP contribution is 2.20. The van der Waals surface area contributed by atoms with E-state index < -0.39 is 91.6 Å². The molecule has 9 atom stereocenters. The lowest BCUT2D eigenvalue weighted by atomic mass is 9.97. The van der Waals surface area contributed by atoms with Crippen molar-refractivity contribution in [1.82, 2.24) is 0 Å². The molecule has 0 saturated carbocycles. The number of carbonyl (C=O) groups is 3. The monoisotopic (exact) mass is 638 g/mol. The van der Waals surface area contributed by atoms with Crippen LogP contribution in [0.1, 0.15) is 118 Å². The molecule has 0 aromatic rings. The van der Waals surface area contributed by atoms with Gasteiger partial charge in [0.15, 0.2) is 0 Å². The number of Topliss-reactive ketones (excluding diaryl/α,β-unsaturated/α-hetero) is 1. The summed E-state index contributed by atoms with van der Waals surface area (Å²) in [7, 11) is 0. The Labute approximate surface area is 261 Å². The maximum absolute atomic E-state index is 12.5. The molecule has 0 aliphatic heterocycles. The van der Waals surface area contributed by atoms with E-state index in [2.05, 4.69) is 0 Å². The molecule has 0 rings (SSSR count). The van der Waals surface area contributed by atoms with Crippen molar-refractivity contribution in [3.05, 3.63) is 0 Å². The first-order valence-electron chi connectivity index (χ1n) is 16.0. The fraction of sp³-hybridized carbons (Fsp3) is 0.903. The summed E-state index contributed by atoms with van der Waals surface area (Å²) in [5.74, 6) is -3.16. The highest BCUT2D eigenvalue weighted by atomic mass is 16.6. The summed E-state index contributed by atoms with van der Waals surface area (Å²) in [4.78, 5) is 37.6. The predicted octanol–water partition coefficient (Wildman–Crippen LogP) is 0.807. The number of hydrogen-bond donors (Lipinski definition) is 8. The van der Waals surface area contributed by atoms with Gasteiger partial charge in [-0.2, -0.15) is 0 Å². The standard InChI is InChI=1S/C31H58O13/c1-5-19(32)11-23(36)14-26(39)16-27(15-22(35)8-4)43-30(41)10-9-29(40)31(42)44-28(17-24(37)12-20(33)6-2)18-25(38)13-21(34)7-3/h19-28,32-39H,5-18H2,1-4H3. The summed E-state index contributed by atoms with van der Waals surface area (Å²) in [5.41, 5.74) is 0. The molecule has 0 aromatic carbocycles. The van der Waals surface area contributed by atoms with Gasteiger partial charge in [0.25, 0.3) is 0 Å². The molecule has 0 aliphatic carbocycles. The lowest BCUT2D eigenvalue weighted by molar-refractivity contribution is -0.161. The Kier molecular flexibility index (Phi) is 22.7. The van der Waals surface area contributed by atoms with Gasteiger partial charge in [-0.1, -0.05) is 27.7 Å². The molecule has 0 aliphatic rings. The van der Waals surface area contributed by atoms with Crippen molar-refractivity contribution in [2.45, 2.75) is 179 Å². The van der Waals surface area contributed by atoms with E-state index in [1.165, 1.54) is 0 Å². The summed E-state index contributed by atoms with van der Waals surface area (Å²) >= 11 is 0. The third kappa shape index (κ3) is 20.3. The molecule has 0 radical (unpaired) electrons. The average Bonchev–Trinajstić information content (AvgIpc) is 2.94. The number of ether oxygens (including phenoxy) is 2. The van der Waals surface area contributed by atoms with Gasteiger partial charge in [0.05, 0.1) is 55.3 Å². The maximum Gasteiger partial charge on any atom is 0.374 e. The molecule has 0 heterocycles. The van der Waals surface area contributed by atoms with Crippen LogP contribution in [0.2, 0.25) is 0 Å². The Morgan fingerprint density at radius 3 is 1.11 bits per heavy atom. The van der Waals surface area contributed by atoms with Gasteiger partial charge >= 0.3 is 11.9 Å². The van der Waals surface area contributed by atoms with Crippen molar-refractivity contribution < 1.29 is 64.7 Å². The second-order valence-electron chi connectivity index (χ2n) is 11.8. The van der Waals surface area contributed by atoms with Crippen LogP contribution in [0.25, 0.3) is 0 Å². The van der Waals surface area contributed by atoms with E-state index in [1.807, 2.05) is 0 Å². The second-order valence-corrected chi connectivity index (χ2v) is 11.8. The van der Waals surface area contributed by atoms with Crippen LogP contribution in [0, 0.1) is 0 Å². The summed E-state index contributed by atoms with van der Waals surface area (Å²) in [5, 5.41) is 80.6. The van der Waals surface area contributed by atoms with E-state index in [0.717, 1.165) is 0 Å². The summed E-state index contributed by atoms with van der Waals surface area (Å²) in [6, 6.07) is 0. The number of ketones is 1. The number of esters is 2. The van der Waals surface area contributed by atoms with Crippen molar-refractivity contribution in [3.8, 4) is 0 Å². The van der Waals surface area contributed by atoms with Gasteiger partial charge in [-0.05, 0) is 51.4 Å². The maximum atomic E-state index is 12.5. The van der Waals surface area contributed by atoms with Gasteiger partial charge in [0.2, 0.25) is 5.78 Å². The van der Waals surface area contributed by atoms with Crippen molar-refractivity contribution in [1.29, 1.82) is 0 Å². The zero-order chi connectivity index (χ0) is 33.8. The largest absolute Gasteiger partial charge is 0.462 e. The van der Waals surface area contributed by atoms with Gasteiger partial charge in [0, 0.05) is 32.1 Å². The third-order valence-corrected chi connectivity index (χ3v) is 7.56. The van der Waals surface area contributed by atoms with Crippen LogP contribution in [0.15, 0.2) is 0 Å². The first-order valence-corrected chi connectivity index (χ1v) is 16.0. The van der Waals surface area contributed by atoms with E-state index in [0.29, 0.717) is 25.7 Å². The quantitative estimate of drug-likeness (QED) is 0.0485. The minimum absolute atomic E-state index is 0.000262. The number of aliphatic hydroxyl groups is 8. The molecule has 13 nitrogen and oxygen atoms in total. The van der Waals surface area contributed by atoms with Gasteiger partial charge in [0.1, 0.15) is 12.2 Å². The zero-order valence-corrected chi connectivity index (χ0v) is 26.8. The number of aliphatic hydroxyl groups excluding tert-OH is 8. The molecule has 0 bridgehead atoms. The van der Waals surface area contributed by atoms with E-state index in [9.17, 15) is 55.2 Å². The Morgan fingerprint density at radius 1 is 0.432 bits per heavy atom. The fourth-order valence-electron chi connectivity index (χ4n) is 4.69. The summed E-state index contributed by atoms with van der Waals surface area (Å²) in [6.07, 6.45) is -9.24. The number of hydrogen-bond acceptors (Lipinski definition) is 13. The molecule has 0 spiro atoms. The lowest BCUT2D eigenvalue weighted by Crippen LogP contribution is -2.33. The first-order chi connectivity index (χ1) is 20.6. The van der Waals surface area contributed by atoms with Crippen LogP contribution in [0.3, 0.4) is 0 Å². The molecular weight excluding hydrogens is 580 g/mol. The van der Waals surface area contributed by atoms with Crippen molar-refractivity contribution in [2.75, 3.05) is 0 Å². The smallest absolute Gasteiger partial charge is 0.374 e. The van der Waals surface area contributed by atoms with Crippen molar-refractivity contribution in [3.63, 3.8) is 0 Å². The Balaban J connectivity index is 5.16. The number of rotatable bonds is 26. The highest BCUT2D eigenvalue weighted by Gasteiger charge is 2.28. The second kappa shape index (κ2) is 23.6. The lowest BCUT2D eigenvalue weighted by Gasteiger charge is -2.25. The fourth-order valence-corrected chi connectivity index (χ4v) is 4.69. The summed E-state index contributed by atoms with van der Waals surface area (Å²) in [6.45, 7) is 6.95. The Morgan fingerprint density at radius 2 is 0.727 bits per heavy atom. The topological polar surface area (TPSA) is 232 Å². The van der Waals surface area contributed by atoms with Crippen LogP contribution in [-0.4, -0.2) is 120 Å². The van der Waals surface area contributed by atoms with Gasteiger partial charge in [-0.3, -0.25) is 9.59 Å². The molecule has 0 fully saturated rings. The third-order valence-electron chi connectivity index (χ3n) is 7.56. The van der Waals surface area contributed by atoms with Crippen molar-refractivity contribution in [2.24, 2.45) is 0 Å². The molecular formula is C31H58O13. The van der Waals surface area contributed by atoms with Crippen LogP contribution in [0.5, 0.6) is 0 Å². The van der Waals surface area contributed by atoms with Crippen LogP contribution in [0.4, 0.5) is 0 Å². The van der Waals surface area contributed by atoms with Crippen LogP contribution in [-0.2, 0) is 23.9 Å². The molecule has 0 aromatic heterocycles. The van der Waals surface area contributed by atoms with E-state index >= 15 is 0 Å². The SMILES string of the molecule is CCC(O)CC(O)CC(O)CC(CC(O)CC)OC(=O)CCC(=O)C(=O)OC(CC(O)CC(O)CC)CC(O)CC(O)CC. The molecule has 0 amide bonds. The molecule has 0 saturated heterocycles.